The molecule has 0 N–H and O–H groups in total. The van der Waals surface area contributed by atoms with E-state index in [0.29, 0.717) is 5.69 Å². The van der Waals surface area contributed by atoms with Crippen molar-refractivity contribution in [2.75, 3.05) is 0 Å². The maximum Gasteiger partial charge on any atom is 0.209 e. The Kier molecular flexibility index (Phi) is 2.49. The minimum atomic E-state index is 0.0647. The van der Waals surface area contributed by atoms with Gasteiger partial charge in [-0.25, -0.2) is 0 Å². The Morgan fingerprint density at radius 1 is 0.944 bits per heavy atom. The summed E-state index contributed by atoms with van der Waals surface area (Å²) in [6.07, 6.45) is 1.89. The molecule has 0 aromatic carbocycles. The molecule has 0 fully saturated rings. The number of hydrogen-bond donors (Lipinski definition) is 0. The number of ketones is 1. The van der Waals surface area contributed by atoms with Crippen molar-refractivity contribution in [2.24, 2.45) is 7.05 Å². The largest absolute Gasteiger partial charge is 0.348 e. The third-order valence-electron chi connectivity index (χ3n) is 3.21. The maximum atomic E-state index is 12.6. The second-order valence-corrected chi connectivity index (χ2v) is 4.36. The van der Waals surface area contributed by atoms with Crippen molar-refractivity contribution in [3.8, 4) is 11.1 Å². The Hall–Kier alpha value is -2.35. The van der Waals surface area contributed by atoms with Crippen LogP contribution in [-0.4, -0.2) is 10.4 Å². The van der Waals surface area contributed by atoms with Gasteiger partial charge in [0.25, 0.3) is 0 Å². The average Bonchev–Trinajstić information content (AvgIpc) is 2.94. The molecule has 0 bridgehead atoms. The normalized spacial score (nSPS) is 10.7. The molecule has 0 saturated carbocycles. The van der Waals surface area contributed by atoms with Crippen LogP contribution in [0.1, 0.15) is 16.1 Å². The first-order valence-electron chi connectivity index (χ1n) is 5.91. The van der Waals surface area contributed by atoms with Crippen LogP contribution >= 0.6 is 0 Å². The summed E-state index contributed by atoms with van der Waals surface area (Å²) in [5.74, 6) is 0.0647. The molecule has 2 heteroatoms. The fourth-order valence-electron chi connectivity index (χ4n) is 2.26. The number of nitrogens with zero attached hydrogens (tertiary/aromatic N) is 1. The summed E-state index contributed by atoms with van der Waals surface area (Å²) in [7, 11) is 1.89. The van der Waals surface area contributed by atoms with Crippen molar-refractivity contribution in [3.05, 3.63) is 72.1 Å². The smallest absolute Gasteiger partial charge is 0.209 e. The van der Waals surface area contributed by atoms with Gasteiger partial charge in [-0.3, -0.25) is 4.79 Å². The lowest BCUT2D eigenvalue weighted by atomic mass is 10.0. The highest BCUT2D eigenvalue weighted by atomic mass is 16.1. The minimum Gasteiger partial charge on any atom is -0.348 e. The van der Waals surface area contributed by atoms with Crippen LogP contribution in [0.4, 0.5) is 0 Å². The number of aromatic nitrogens is 1. The SMILES string of the molecule is Cn1cccc1C(=O)c1ccccc2cccc1-2. The molecule has 0 aliphatic heterocycles. The monoisotopic (exact) mass is 235 g/mol. The van der Waals surface area contributed by atoms with E-state index in [2.05, 4.69) is 0 Å². The first-order valence-corrected chi connectivity index (χ1v) is 5.91. The van der Waals surface area contributed by atoms with Crippen LogP contribution in [0.2, 0.25) is 0 Å². The standard InChI is InChI=1S/C16H13NO/c1-17-11-5-10-15(17)16(18)14-8-3-2-6-12-7-4-9-13(12)14/h2-11H,1H3. The minimum absolute atomic E-state index is 0.0647. The topological polar surface area (TPSA) is 22.0 Å². The predicted molar refractivity (Wildman–Crippen MR) is 71.9 cm³/mol. The number of fused-ring (bicyclic) bond motifs is 1. The second kappa shape index (κ2) is 4.15. The molecule has 1 heterocycles. The zero-order valence-electron chi connectivity index (χ0n) is 10.1. The van der Waals surface area contributed by atoms with Gasteiger partial charge in [-0.05, 0) is 23.3 Å². The number of carbonyl (C=O) groups is 1. The Balaban J connectivity index is 2.17. The average molecular weight is 235 g/mol. The summed E-state index contributed by atoms with van der Waals surface area (Å²) in [6.45, 7) is 0. The van der Waals surface area contributed by atoms with Crippen molar-refractivity contribution < 1.29 is 4.79 Å². The van der Waals surface area contributed by atoms with Gasteiger partial charge in [0.05, 0.1) is 5.69 Å². The summed E-state index contributed by atoms with van der Waals surface area (Å²) < 4.78 is 1.85. The highest BCUT2D eigenvalue weighted by molar-refractivity contribution is 6.12. The first kappa shape index (κ1) is 10.8. The third-order valence-corrected chi connectivity index (χ3v) is 3.21. The summed E-state index contributed by atoms with van der Waals surface area (Å²) in [5, 5.41) is 0. The molecule has 0 atom stereocenters. The molecule has 0 radical (unpaired) electrons. The lowest BCUT2D eigenvalue weighted by Crippen LogP contribution is -2.07. The van der Waals surface area contributed by atoms with Crippen LogP contribution in [0.25, 0.3) is 11.1 Å². The number of hydrogen-bond acceptors (Lipinski definition) is 1. The summed E-state index contributed by atoms with van der Waals surface area (Å²) in [5.41, 5.74) is 3.56. The van der Waals surface area contributed by atoms with Gasteiger partial charge in [0, 0.05) is 18.8 Å². The third kappa shape index (κ3) is 1.63. The van der Waals surface area contributed by atoms with Crippen molar-refractivity contribution in [1.29, 1.82) is 0 Å². The molecule has 1 aromatic rings. The molecule has 88 valence electrons. The Bertz CT molecular complexity index is 681. The molecule has 0 saturated heterocycles. The zero-order valence-corrected chi connectivity index (χ0v) is 10.1. The first-order chi connectivity index (χ1) is 8.77. The van der Waals surface area contributed by atoms with Crippen LogP contribution in [0.3, 0.4) is 0 Å². The molecule has 0 amide bonds. The summed E-state index contributed by atoms with van der Waals surface area (Å²) >= 11 is 0. The van der Waals surface area contributed by atoms with Crippen molar-refractivity contribution >= 4 is 5.78 Å². The van der Waals surface area contributed by atoms with E-state index >= 15 is 0 Å². The van der Waals surface area contributed by atoms with Crippen LogP contribution in [0, 0.1) is 0 Å². The van der Waals surface area contributed by atoms with Crippen LogP contribution < -0.4 is 0 Å². The molecular weight excluding hydrogens is 222 g/mol. The number of aryl methyl sites for hydroxylation is 1. The fourth-order valence-corrected chi connectivity index (χ4v) is 2.26. The lowest BCUT2D eigenvalue weighted by Gasteiger charge is -2.04. The van der Waals surface area contributed by atoms with E-state index in [0.717, 1.165) is 16.7 Å². The summed E-state index contributed by atoms with van der Waals surface area (Å²) in [4.78, 5) is 12.6. The summed E-state index contributed by atoms with van der Waals surface area (Å²) in [6, 6.07) is 17.5. The Labute approximate surface area is 106 Å². The predicted octanol–water partition coefficient (Wildman–Crippen LogP) is 3.36. The van der Waals surface area contributed by atoms with Crippen molar-refractivity contribution in [1.82, 2.24) is 4.57 Å². The van der Waals surface area contributed by atoms with E-state index < -0.39 is 0 Å². The van der Waals surface area contributed by atoms with Crippen LogP contribution in [0.15, 0.2) is 60.8 Å². The Morgan fingerprint density at radius 3 is 2.50 bits per heavy atom. The molecular formula is C16H13NO. The van der Waals surface area contributed by atoms with E-state index in [-0.39, 0.29) is 5.78 Å². The number of carbonyl (C=O) groups excluding carboxylic acids is 1. The molecule has 1 aromatic heterocycles. The molecule has 3 rings (SSSR count). The van der Waals surface area contributed by atoms with E-state index in [4.69, 9.17) is 0 Å². The van der Waals surface area contributed by atoms with Crippen LogP contribution in [-0.2, 0) is 7.05 Å². The van der Waals surface area contributed by atoms with Gasteiger partial charge in [0.2, 0.25) is 5.78 Å². The quantitative estimate of drug-likeness (QED) is 0.624. The molecule has 2 nitrogen and oxygen atoms in total. The molecule has 0 unspecified atom stereocenters. The fraction of sp³-hybridized carbons (Fsp3) is 0.0625. The van der Waals surface area contributed by atoms with Gasteiger partial charge in [-0.1, -0.05) is 42.5 Å². The van der Waals surface area contributed by atoms with Crippen molar-refractivity contribution in [2.45, 2.75) is 0 Å². The molecule has 2 aliphatic rings. The van der Waals surface area contributed by atoms with Gasteiger partial charge in [-0.15, -0.1) is 0 Å². The van der Waals surface area contributed by atoms with Crippen LogP contribution in [0.5, 0.6) is 0 Å². The Morgan fingerprint density at radius 2 is 1.72 bits per heavy atom. The van der Waals surface area contributed by atoms with Gasteiger partial charge in [0.15, 0.2) is 0 Å². The van der Waals surface area contributed by atoms with E-state index in [1.54, 1.807) is 0 Å². The number of rotatable bonds is 2. The van der Waals surface area contributed by atoms with E-state index in [9.17, 15) is 4.79 Å². The highest BCUT2D eigenvalue weighted by Crippen LogP contribution is 2.27. The van der Waals surface area contributed by atoms with Crippen molar-refractivity contribution in [3.63, 3.8) is 0 Å². The maximum absolute atomic E-state index is 12.6. The molecule has 2 aliphatic carbocycles. The lowest BCUT2D eigenvalue weighted by molar-refractivity contribution is 0.103. The van der Waals surface area contributed by atoms with E-state index in [1.165, 1.54) is 0 Å². The molecule has 0 spiro atoms. The second-order valence-electron chi connectivity index (χ2n) is 4.36. The van der Waals surface area contributed by atoms with Gasteiger partial charge >= 0.3 is 0 Å². The van der Waals surface area contributed by atoms with Gasteiger partial charge < -0.3 is 4.57 Å². The zero-order chi connectivity index (χ0) is 12.5. The van der Waals surface area contributed by atoms with Gasteiger partial charge in [-0.2, -0.15) is 0 Å². The molecule has 18 heavy (non-hydrogen) atoms. The van der Waals surface area contributed by atoms with Gasteiger partial charge in [0.1, 0.15) is 0 Å². The van der Waals surface area contributed by atoms with E-state index in [1.807, 2.05) is 72.4 Å². The highest BCUT2D eigenvalue weighted by Gasteiger charge is 2.16.